The fraction of sp³-hybridized carbons (Fsp3) is 0.143. The summed E-state index contributed by atoms with van der Waals surface area (Å²) in [5.74, 6) is 0.323. The summed E-state index contributed by atoms with van der Waals surface area (Å²) in [6, 6.07) is -0.645. The average molecular weight is 260 g/mol. The Bertz CT molecular complexity index is 387. The van der Waals surface area contributed by atoms with Crippen LogP contribution in [0.3, 0.4) is 0 Å². The number of urea groups is 1. The summed E-state index contributed by atoms with van der Waals surface area (Å²) in [6.07, 6.45) is 0. The Kier molecular flexibility index (Phi) is 2.09. The molecule has 2 amide bonds. The minimum absolute atomic E-state index is 0.270. The van der Waals surface area contributed by atoms with Gasteiger partial charge in [-0.3, -0.25) is 0 Å². The molecule has 13 heavy (non-hydrogen) atoms. The number of rotatable bonds is 1. The number of nitrogens with one attached hydrogen (secondary N) is 1. The van der Waals surface area contributed by atoms with Crippen LogP contribution in [-0.4, -0.2) is 11.9 Å². The molecule has 1 unspecified atom stereocenters. The van der Waals surface area contributed by atoms with E-state index in [0.29, 0.717) is 5.84 Å². The number of amides is 2. The zero-order valence-electron chi connectivity index (χ0n) is 6.45. The molecule has 0 bridgehead atoms. The van der Waals surface area contributed by atoms with E-state index in [1.54, 1.807) is 11.3 Å². The first-order chi connectivity index (χ1) is 6.18. The molecule has 1 aromatic rings. The third-order valence-corrected chi connectivity index (χ3v) is 3.50. The van der Waals surface area contributed by atoms with Crippen LogP contribution in [0.15, 0.2) is 20.2 Å². The number of nitrogens with two attached hydrogens (primary N) is 1. The van der Waals surface area contributed by atoms with E-state index in [9.17, 15) is 4.79 Å². The summed E-state index contributed by atoms with van der Waals surface area (Å²) in [7, 11) is 0. The molecule has 0 saturated carbocycles. The number of carbonyl (C=O) groups is 1. The number of nitrogens with zero attached hydrogens (tertiary/aromatic N) is 1. The maximum Gasteiger partial charge on any atom is 0.343 e. The van der Waals surface area contributed by atoms with Gasteiger partial charge < -0.3 is 11.1 Å². The molecule has 0 fully saturated rings. The van der Waals surface area contributed by atoms with Crippen molar-refractivity contribution in [3.63, 3.8) is 0 Å². The van der Waals surface area contributed by atoms with Gasteiger partial charge in [-0.15, -0.1) is 0 Å². The molecule has 2 heterocycles. The van der Waals surface area contributed by atoms with Gasteiger partial charge in [0.25, 0.3) is 0 Å². The molecule has 0 saturated heterocycles. The Hall–Kier alpha value is -0.880. The predicted molar refractivity (Wildman–Crippen MR) is 54.9 cm³/mol. The van der Waals surface area contributed by atoms with Crippen LogP contribution in [0.4, 0.5) is 4.79 Å². The smallest absolute Gasteiger partial charge is 0.343 e. The molecule has 68 valence electrons. The Balaban J connectivity index is 2.35. The maximum absolute atomic E-state index is 10.9. The third kappa shape index (κ3) is 1.47. The Morgan fingerprint density at radius 1 is 1.62 bits per heavy atom. The predicted octanol–water partition coefficient (Wildman–Crippen LogP) is 1.63. The highest BCUT2D eigenvalue weighted by atomic mass is 79.9. The van der Waals surface area contributed by atoms with Crippen molar-refractivity contribution in [1.82, 2.24) is 5.32 Å². The molecule has 1 atom stereocenters. The van der Waals surface area contributed by atoms with E-state index in [-0.39, 0.29) is 12.1 Å². The highest BCUT2D eigenvalue weighted by molar-refractivity contribution is 9.10. The lowest BCUT2D eigenvalue weighted by Gasteiger charge is -2.08. The number of hydrogen-bond donors (Lipinski definition) is 2. The molecule has 3 N–H and O–H groups in total. The third-order valence-electron chi connectivity index (χ3n) is 1.75. The number of aliphatic imine (C=N–C) groups is 1. The van der Waals surface area contributed by atoms with E-state index in [4.69, 9.17) is 5.73 Å². The largest absolute Gasteiger partial charge is 0.385 e. The summed E-state index contributed by atoms with van der Waals surface area (Å²) in [5.41, 5.74) is 6.54. The molecule has 2 rings (SSSR count). The summed E-state index contributed by atoms with van der Waals surface area (Å²) >= 11 is 4.92. The number of thiophene rings is 1. The van der Waals surface area contributed by atoms with Crippen molar-refractivity contribution < 1.29 is 4.79 Å². The minimum Gasteiger partial charge on any atom is -0.385 e. The van der Waals surface area contributed by atoms with Crippen LogP contribution in [-0.2, 0) is 0 Å². The lowest BCUT2D eigenvalue weighted by molar-refractivity contribution is 0.250. The topological polar surface area (TPSA) is 67.5 Å². The van der Waals surface area contributed by atoms with Gasteiger partial charge >= 0.3 is 6.03 Å². The summed E-state index contributed by atoms with van der Waals surface area (Å²) in [5, 5.41) is 6.53. The molecule has 0 radical (unpaired) electrons. The van der Waals surface area contributed by atoms with Crippen molar-refractivity contribution in [2.75, 3.05) is 0 Å². The van der Waals surface area contributed by atoms with Gasteiger partial charge in [0.05, 0.1) is 0 Å². The van der Waals surface area contributed by atoms with Crippen LogP contribution in [0.25, 0.3) is 0 Å². The molecule has 0 spiro atoms. The second kappa shape index (κ2) is 3.12. The van der Waals surface area contributed by atoms with Crippen molar-refractivity contribution in [3.8, 4) is 0 Å². The Morgan fingerprint density at radius 3 is 2.85 bits per heavy atom. The van der Waals surface area contributed by atoms with Gasteiger partial charge in [-0.05, 0) is 21.3 Å². The van der Waals surface area contributed by atoms with Gasteiger partial charge in [-0.1, -0.05) is 0 Å². The van der Waals surface area contributed by atoms with Crippen LogP contribution in [0.1, 0.15) is 11.6 Å². The normalized spacial score (nSPS) is 21.5. The zero-order valence-corrected chi connectivity index (χ0v) is 8.85. The van der Waals surface area contributed by atoms with Crippen molar-refractivity contribution in [2.45, 2.75) is 6.04 Å². The van der Waals surface area contributed by atoms with E-state index < -0.39 is 0 Å². The zero-order chi connectivity index (χ0) is 9.42. The SMILES string of the molecule is NC1=NC(=O)NC1c1cscc1Br. The van der Waals surface area contributed by atoms with E-state index in [1.165, 1.54) is 0 Å². The van der Waals surface area contributed by atoms with E-state index in [0.717, 1.165) is 10.0 Å². The van der Waals surface area contributed by atoms with Crippen molar-refractivity contribution in [2.24, 2.45) is 10.7 Å². The molecule has 1 aliphatic heterocycles. The fourth-order valence-electron chi connectivity index (χ4n) is 1.15. The molecular formula is C7H6BrN3OS. The van der Waals surface area contributed by atoms with Crippen molar-refractivity contribution in [3.05, 3.63) is 20.8 Å². The number of amidine groups is 1. The molecule has 1 aromatic heterocycles. The van der Waals surface area contributed by atoms with Gasteiger partial charge in [0.1, 0.15) is 11.9 Å². The van der Waals surface area contributed by atoms with Gasteiger partial charge in [0.2, 0.25) is 0 Å². The molecular weight excluding hydrogens is 254 g/mol. The van der Waals surface area contributed by atoms with Gasteiger partial charge in [-0.2, -0.15) is 16.3 Å². The van der Waals surface area contributed by atoms with Crippen LogP contribution < -0.4 is 11.1 Å². The van der Waals surface area contributed by atoms with Gasteiger partial charge in [0, 0.05) is 15.4 Å². The van der Waals surface area contributed by atoms with Crippen LogP contribution in [0.5, 0.6) is 0 Å². The van der Waals surface area contributed by atoms with Crippen LogP contribution in [0, 0.1) is 0 Å². The standard InChI is InChI=1S/C7H6BrN3OS/c8-4-2-13-1-3(4)5-6(9)11-7(12)10-5/h1-2,5H,(H3,9,10,11,12). The first-order valence-electron chi connectivity index (χ1n) is 3.54. The molecule has 6 heteroatoms. The highest BCUT2D eigenvalue weighted by Crippen LogP contribution is 2.28. The summed E-state index contributed by atoms with van der Waals surface area (Å²) in [6.45, 7) is 0. The first kappa shape index (κ1) is 8.71. The monoisotopic (exact) mass is 259 g/mol. The second-order valence-corrected chi connectivity index (χ2v) is 4.19. The Morgan fingerprint density at radius 2 is 2.38 bits per heavy atom. The maximum atomic E-state index is 10.9. The molecule has 0 aliphatic carbocycles. The lowest BCUT2D eigenvalue weighted by atomic mass is 10.1. The molecule has 1 aliphatic rings. The number of halogens is 1. The summed E-state index contributed by atoms with van der Waals surface area (Å²) < 4.78 is 0.947. The van der Waals surface area contributed by atoms with Gasteiger partial charge in [-0.25, -0.2) is 4.79 Å². The van der Waals surface area contributed by atoms with E-state index in [2.05, 4.69) is 26.2 Å². The van der Waals surface area contributed by atoms with E-state index in [1.807, 2.05) is 10.8 Å². The minimum atomic E-state index is -0.374. The molecule has 4 nitrogen and oxygen atoms in total. The van der Waals surface area contributed by atoms with Crippen LogP contribution >= 0.6 is 27.3 Å². The second-order valence-electron chi connectivity index (χ2n) is 2.59. The lowest BCUT2D eigenvalue weighted by Crippen LogP contribution is -2.27. The van der Waals surface area contributed by atoms with Gasteiger partial charge in [0.15, 0.2) is 0 Å². The average Bonchev–Trinajstić information content (AvgIpc) is 2.58. The first-order valence-corrected chi connectivity index (χ1v) is 5.28. The number of carbonyl (C=O) groups excluding carboxylic acids is 1. The quantitative estimate of drug-likeness (QED) is 0.805. The van der Waals surface area contributed by atoms with Crippen LogP contribution in [0.2, 0.25) is 0 Å². The van der Waals surface area contributed by atoms with Crippen molar-refractivity contribution >= 4 is 39.1 Å². The van der Waals surface area contributed by atoms with E-state index >= 15 is 0 Å². The molecule has 0 aromatic carbocycles. The summed E-state index contributed by atoms with van der Waals surface area (Å²) in [4.78, 5) is 14.5. The Labute approximate surface area is 87.0 Å². The fourth-order valence-corrected chi connectivity index (χ4v) is 2.70. The number of hydrogen-bond acceptors (Lipinski definition) is 3. The van der Waals surface area contributed by atoms with Crippen molar-refractivity contribution in [1.29, 1.82) is 0 Å². The highest BCUT2D eigenvalue weighted by Gasteiger charge is 2.26.